The Morgan fingerprint density at radius 2 is 2.28 bits per heavy atom. The van der Waals surface area contributed by atoms with Gasteiger partial charge >= 0.3 is 0 Å². The molecule has 2 heterocycles. The second-order valence-corrected chi connectivity index (χ2v) is 6.87. The summed E-state index contributed by atoms with van der Waals surface area (Å²) in [6.07, 6.45) is 12.3. The van der Waals surface area contributed by atoms with Crippen LogP contribution < -0.4 is 5.32 Å². The molecule has 0 saturated heterocycles. The fourth-order valence-corrected chi connectivity index (χ4v) is 4.08. The first-order chi connectivity index (χ1) is 12.3. The summed E-state index contributed by atoms with van der Waals surface area (Å²) in [5.74, 6) is 0.0971. The highest BCUT2D eigenvalue weighted by atomic mass is 16.1. The van der Waals surface area contributed by atoms with Crippen molar-refractivity contribution in [1.29, 1.82) is 0 Å². The van der Waals surface area contributed by atoms with Crippen molar-refractivity contribution < 1.29 is 4.79 Å². The van der Waals surface area contributed by atoms with E-state index >= 15 is 0 Å². The highest BCUT2D eigenvalue weighted by Crippen LogP contribution is 2.30. The molecule has 0 bridgehead atoms. The van der Waals surface area contributed by atoms with Crippen molar-refractivity contribution in [2.24, 2.45) is 0 Å². The molecule has 2 N–H and O–H groups in total. The molecule has 130 valence electrons. The van der Waals surface area contributed by atoms with Gasteiger partial charge in [-0.1, -0.05) is 25.1 Å². The molecule has 0 aliphatic heterocycles. The van der Waals surface area contributed by atoms with Gasteiger partial charge in [-0.25, -0.2) is 4.98 Å². The molecule has 1 amide bonds. The average molecular weight is 336 g/mol. The molecule has 1 aliphatic carbocycles. The van der Waals surface area contributed by atoms with Crippen LogP contribution in [0.5, 0.6) is 0 Å². The number of para-hydroxylation sites is 1. The summed E-state index contributed by atoms with van der Waals surface area (Å²) in [7, 11) is 0. The molecule has 5 nitrogen and oxygen atoms in total. The maximum Gasteiger partial charge on any atom is 0.224 e. The lowest BCUT2D eigenvalue weighted by Crippen LogP contribution is -2.38. The van der Waals surface area contributed by atoms with Gasteiger partial charge in [-0.3, -0.25) is 4.79 Å². The summed E-state index contributed by atoms with van der Waals surface area (Å²) >= 11 is 0. The molecule has 25 heavy (non-hydrogen) atoms. The van der Waals surface area contributed by atoms with Crippen molar-refractivity contribution >= 4 is 16.8 Å². The van der Waals surface area contributed by atoms with Crippen molar-refractivity contribution in [2.75, 3.05) is 0 Å². The average Bonchev–Trinajstić information content (AvgIpc) is 3.35. The smallest absolute Gasteiger partial charge is 0.224 e. The second-order valence-electron chi connectivity index (χ2n) is 6.87. The number of hydrogen-bond donors (Lipinski definition) is 2. The van der Waals surface area contributed by atoms with Crippen molar-refractivity contribution in [3.63, 3.8) is 0 Å². The van der Waals surface area contributed by atoms with Crippen LogP contribution in [0.25, 0.3) is 10.9 Å². The maximum absolute atomic E-state index is 12.6. The van der Waals surface area contributed by atoms with E-state index in [0.29, 0.717) is 12.5 Å². The summed E-state index contributed by atoms with van der Waals surface area (Å²) in [5.41, 5.74) is 3.52. The lowest BCUT2D eigenvalue weighted by molar-refractivity contribution is -0.121. The van der Waals surface area contributed by atoms with Gasteiger partial charge in [0.15, 0.2) is 0 Å². The largest absolute Gasteiger partial charge is 0.361 e. The van der Waals surface area contributed by atoms with E-state index in [0.717, 1.165) is 42.1 Å². The number of imidazole rings is 1. The molecule has 1 fully saturated rings. The van der Waals surface area contributed by atoms with E-state index < -0.39 is 0 Å². The van der Waals surface area contributed by atoms with Gasteiger partial charge in [0.2, 0.25) is 5.91 Å². The van der Waals surface area contributed by atoms with Crippen LogP contribution in [0.1, 0.15) is 43.4 Å². The number of hydrogen-bond acceptors (Lipinski definition) is 2. The number of aromatic nitrogens is 3. The molecule has 5 heteroatoms. The predicted octanol–water partition coefficient (Wildman–Crippen LogP) is 3.38. The lowest BCUT2D eigenvalue weighted by Gasteiger charge is -2.22. The van der Waals surface area contributed by atoms with Crippen LogP contribution in [0.2, 0.25) is 0 Å². The van der Waals surface area contributed by atoms with Gasteiger partial charge < -0.3 is 14.9 Å². The highest BCUT2D eigenvalue weighted by Gasteiger charge is 2.29. The molecule has 1 aromatic carbocycles. The summed E-state index contributed by atoms with van der Waals surface area (Å²) in [4.78, 5) is 20.1. The Labute approximate surface area is 147 Å². The van der Waals surface area contributed by atoms with Crippen LogP contribution in [0.15, 0.2) is 43.1 Å². The van der Waals surface area contributed by atoms with Crippen LogP contribution in [-0.2, 0) is 17.6 Å². The van der Waals surface area contributed by atoms with E-state index in [2.05, 4.69) is 45.0 Å². The quantitative estimate of drug-likeness (QED) is 0.750. The van der Waals surface area contributed by atoms with Crippen LogP contribution >= 0.6 is 0 Å². The first-order valence-electron chi connectivity index (χ1n) is 9.11. The zero-order valence-corrected chi connectivity index (χ0v) is 14.5. The number of nitrogens with zero attached hydrogens (tertiary/aromatic N) is 2. The zero-order chi connectivity index (χ0) is 17.2. The number of aryl methyl sites for hydroxylation is 1. The van der Waals surface area contributed by atoms with E-state index in [9.17, 15) is 4.79 Å². The molecule has 0 radical (unpaired) electrons. The number of benzene rings is 1. The third-order valence-electron chi connectivity index (χ3n) is 5.35. The number of aromatic amines is 1. The molecule has 1 aliphatic rings. The van der Waals surface area contributed by atoms with E-state index in [1.54, 1.807) is 6.20 Å². The standard InChI is InChI=1S/C20H24N4O/c1-2-14-5-3-6-16-15(12-22-20(14)16)11-19(25)23-17-7-4-8-18(17)24-10-9-21-13-24/h3,5-6,9-10,12-13,17-18,22H,2,4,7-8,11H2,1H3,(H,23,25)/t17-,18-/m1/s1. The molecule has 0 spiro atoms. The van der Waals surface area contributed by atoms with Crippen molar-refractivity contribution in [3.8, 4) is 0 Å². The van der Waals surface area contributed by atoms with Crippen LogP contribution in [0, 0.1) is 0 Å². The van der Waals surface area contributed by atoms with Crippen molar-refractivity contribution in [2.45, 2.75) is 51.1 Å². The van der Waals surface area contributed by atoms with Crippen LogP contribution in [-0.4, -0.2) is 26.5 Å². The Morgan fingerprint density at radius 1 is 1.36 bits per heavy atom. The van der Waals surface area contributed by atoms with Gasteiger partial charge in [0.05, 0.1) is 18.8 Å². The van der Waals surface area contributed by atoms with Gasteiger partial charge in [-0.05, 0) is 36.8 Å². The monoisotopic (exact) mass is 336 g/mol. The third-order valence-corrected chi connectivity index (χ3v) is 5.35. The van der Waals surface area contributed by atoms with Crippen molar-refractivity contribution in [1.82, 2.24) is 19.9 Å². The maximum atomic E-state index is 12.6. The van der Waals surface area contributed by atoms with Gasteiger partial charge in [0, 0.05) is 35.5 Å². The van der Waals surface area contributed by atoms with Crippen molar-refractivity contribution in [3.05, 3.63) is 54.2 Å². The van der Waals surface area contributed by atoms with E-state index in [4.69, 9.17) is 0 Å². The fourth-order valence-electron chi connectivity index (χ4n) is 4.08. The minimum absolute atomic E-state index is 0.0971. The van der Waals surface area contributed by atoms with Gasteiger partial charge in [-0.15, -0.1) is 0 Å². The topological polar surface area (TPSA) is 62.7 Å². The van der Waals surface area contributed by atoms with E-state index in [-0.39, 0.29) is 11.9 Å². The number of carbonyl (C=O) groups excluding carboxylic acids is 1. The number of H-pyrrole nitrogens is 1. The highest BCUT2D eigenvalue weighted by molar-refractivity contribution is 5.90. The molecular weight excluding hydrogens is 312 g/mol. The second kappa shape index (κ2) is 6.75. The zero-order valence-electron chi connectivity index (χ0n) is 14.5. The Balaban J connectivity index is 1.47. The normalized spacial score (nSPS) is 20.2. The minimum atomic E-state index is 0.0971. The number of nitrogens with one attached hydrogen (secondary N) is 2. The number of fused-ring (bicyclic) bond motifs is 1. The number of rotatable bonds is 5. The first kappa shape index (κ1) is 15.9. The molecule has 3 aromatic rings. The fraction of sp³-hybridized carbons (Fsp3) is 0.400. The Hall–Kier alpha value is -2.56. The van der Waals surface area contributed by atoms with Gasteiger partial charge in [0.25, 0.3) is 0 Å². The Morgan fingerprint density at radius 3 is 3.08 bits per heavy atom. The summed E-state index contributed by atoms with van der Waals surface area (Å²) in [6.45, 7) is 2.15. The molecule has 2 atom stereocenters. The first-order valence-corrected chi connectivity index (χ1v) is 9.11. The summed E-state index contributed by atoms with van der Waals surface area (Å²) < 4.78 is 2.12. The minimum Gasteiger partial charge on any atom is -0.361 e. The lowest BCUT2D eigenvalue weighted by atomic mass is 10.0. The number of carbonyl (C=O) groups is 1. The SMILES string of the molecule is CCc1cccc2c(CC(=O)N[C@@H]3CCC[C@H]3n3ccnc3)c[nH]c12. The number of amides is 1. The van der Waals surface area contributed by atoms with E-state index in [1.807, 2.05) is 18.7 Å². The van der Waals surface area contributed by atoms with Gasteiger partial charge in [-0.2, -0.15) is 0 Å². The summed E-state index contributed by atoms with van der Waals surface area (Å²) in [5, 5.41) is 4.41. The molecule has 2 aromatic heterocycles. The van der Waals surface area contributed by atoms with Crippen LogP contribution in [0.4, 0.5) is 0 Å². The molecular formula is C20H24N4O. The Bertz CT molecular complexity index is 865. The predicted molar refractivity (Wildman–Crippen MR) is 98.4 cm³/mol. The molecule has 1 saturated carbocycles. The molecule has 4 rings (SSSR count). The van der Waals surface area contributed by atoms with E-state index in [1.165, 1.54) is 5.56 Å². The van der Waals surface area contributed by atoms with Gasteiger partial charge in [0.1, 0.15) is 0 Å². The molecule has 0 unspecified atom stereocenters. The summed E-state index contributed by atoms with van der Waals surface area (Å²) in [6, 6.07) is 6.82. The Kier molecular flexibility index (Phi) is 4.30. The van der Waals surface area contributed by atoms with Crippen LogP contribution in [0.3, 0.4) is 0 Å². The third kappa shape index (κ3) is 3.06.